The molecule has 0 saturated heterocycles. The number of benzene rings is 1. The van der Waals surface area contributed by atoms with Crippen LogP contribution in [0.2, 0.25) is 0 Å². The van der Waals surface area contributed by atoms with Gasteiger partial charge in [-0.05, 0) is 23.6 Å². The van der Waals surface area contributed by atoms with Gasteiger partial charge in [0.15, 0.2) is 0 Å². The molecule has 0 aromatic heterocycles. The number of rotatable bonds is 2. The van der Waals surface area contributed by atoms with Gasteiger partial charge in [0.25, 0.3) is 0 Å². The zero-order valence-electron chi connectivity index (χ0n) is 9.38. The third-order valence-electron chi connectivity index (χ3n) is 2.73. The number of aliphatic imine (C=N–C) groups is 1. The van der Waals surface area contributed by atoms with E-state index in [0.29, 0.717) is 5.71 Å². The number of alkyl halides is 3. The van der Waals surface area contributed by atoms with Crippen molar-refractivity contribution in [3.63, 3.8) is 0 Å². The Kier molecular flexibility index (Phi) is 3.05. The quantitative estimate of drug-likeness (QED) is 0.742. The van der Waals surface area contributed by atoms with Gasteiger partial charge in [-0.2, -0.15) is 13.2 Å². The van der Waals surface area contributed by atoms with E-state index in [0.717, 1.165) is 23.6 Å². The zero-order valence-corrected chi connectivity index (χ0v) is 9.38. The summed E-state index contributed by atoms with van der Waals surface area (Å²) in [4.78, 5) is 3.64. The normalized spacial score (nSPS) is 15.8. The fourth-order valence-corrected chi connectivity index (χ4v) is 1.72. The highest BCUT2D eigenvalue weighted by atomic mass is 19.4. The summed E-state index contributed by atoms with van der Waals surface area (Å²) in [5.41, 5.74) is 1.63. The average Bonchev–Trinajstić information content (AvgIpc) is 2.78. The maximum absolute atomic E-state index is 12.4. The molecular formula is C13H12F3N. The van der Waals surface area contributed by atoms with Gasteiger partial charge < -0.3 is 0 Å². The topological polar surface area (TPSA) is 12.4 Å². The van der Waals surface area contributed by atoms with E-state index in [1.807, 2.05) is 31.2 Å². The molecular weight excluding hydrogens is 227 g/mol. The van der Waals surface area contributed by atoms with Crippen LogP contribution in [0, 0.1) is 0 Å². The Bertz CT molecular complexity index is 466. The minimum atomic E-state index is -4.34. The Labute approximate surface area is 97.7 Å². The summed E-state index contributed by atoms with van der Waals surface area (Å²) in [5, 5.41) is 0. The molecule has 1 heterocycles. The molecule has 90 valence electrons. The fourth-order valence-electron chi connectivity index (χ4n) is 1.72. The van der Waals surface area contributed by atoms with Gasteiger partial charge in [0.05, 0.1) is 5.71 Å². The molecule has 0 atom stereocenters. The number of hydrogen-bond acceptors (Lipinski definition) is 1. The highest BCUT2D eigenvalue weighted by Gasteiger charge is 2.35. The lowest BCUT2D eigenvalue weighted by molar-refractivity contribution is -0.0921. The van der Waals surface area contributed by atoms with Crippen LogP contribution in [0.1, 0.15) is 24.5 Å². The van der Waals surface area contributed by atoms with Crippen molar-refractivity contribution in [1.82, 2.24) is 0 Å². The largest absolute Gasteiger partial charge is 0.433 e. The van der Waals surface area contributed by atoms with E-state index in [1.165, 1.54) is 0 Å². The van der Waals surface area contributed by atoms with Crippen molar-refractivity contribution in [2.24, 2.45) is 4.99 Å². The maximum atomic E-state index is 12.4. The predicted octanol–water partition coefficient (Wildman–Crippen LogP) is 3.89. The van der Waals surface area contributed by atoms with Gasteiger partial charge >= 0.3 is 6.18 Å². The predicted molar refractivity (Wildman–Crippen MR) is 61.1 cm³/mol. The molecule has 0 radical (unpaired) electrons. The van der Waals surface area contributed by atoms with Crippen molar-refractivity contribution < 1.29 is 13.2 Å². The Morgan fingerprint density at radius 3 is 2.29 bits per heavy atom. The van der Waals surface area contributed by atoms with Gasteiger partial charge in [0.2, 0.25) is 0 Å². The second-order valence-electron chi connectivity index (χ2n) is 3.90. The molecule has 2 rings (SSSR count). The Balaban J connectivity index is 2.21. The van der Waals surface area contributed by atoms with Gasteiger partial charge in [0.1, 0.15) is 5.70 Å². The first-order valence-electron chi connectivity index (χ1n) is 5.45. The van der Waals surface area contributed by atoms with E-state index in [9.17, 15) is 13.2 Å². The lowest BCUT2D eigenvalue weighted by atomic mass is 10.1. The molecule has 0 bridgehead atoms. The van der Waals surface area contributed by atoms with Crippen molar-refractivity contribution in [3.05, 3.63) is 47.2 Å². The van der Waals surface area contributed by atoms with E-state index in [-0.39, 0.29) is 6.42 Å². The molecule has 1 nitrogen and oxygen atoms in total. The van der Waals surface area contributed by atoms with E-state index >= 15 is 0 Å². The summed E-state index contributed by atoms with van der Waals surface area (Å²) in [6, 6.07) is 7.49. The third kappa shape index (κ3) is 2.57. The lowest BCUT2D eigenvalue weighted by Gasteiger charge is -2.04. The highest BCUT2D eigenvalue weighted by molar-refractivity contribution is 6.03. The van der Waals surface area contributed by atoms with E-state index < -0.39 is 11.9 Å². The average molecular weight is 239 g/mol. The Morgan fingerprint density at radius 1 is 1.18 bits per heavy atom. The summed E-state index contributed by atoms with van der Waals surface area (Å²) in [5.74, 6) is 0. The van der Waals surface area contributed by atoms with Crippen LogP contribution in [-0.4, -0.2) is 11.9 Å². The second kappa shape index (κ2) is 4.35. The van der Waals surface area contributed by atoms with Crippen molar-refractivity contribution in [2.75, 3.05) is 0 Å². The smallest absolute Gasteiger partial charge is 0.248 e. The molecule has 1 aromatic carbocycles. The van der Waals surface area contributed by atoms with Crippen LogP contribution in [0.15, 0.2) is 41.0 Å². The van der Waals surface area contributed by atoms with Gasteiger partial charge in [-0.3, -0.25) is 0 Å². The van der Waals surface area contributed by atoms with Crippen LogP contribution in [-0.2, 0) is 6.42 Å². The van der Waals surface area contributed by atoms with E-state index in [1.54, 1.807) is 0 Å². The summed E-state index contributed by atoms with van der Waals surface area (Å²) >= 11 is 0. The van der Waals surface area contributed by atoms with Crippen molar-refractivity contribution in [2.45, 2.75) is 25.9 Å². The van der Waals surface area contributed by atoms with E-state index in [4.69, 9.17) is 0 Å². The van der Waals surface area contributed by atoms with Crippen LogP contribution in [0.25, 0.3) is 0 Å². The molecule has 0 unspecified atom stereocenters. The molecule has 0 saturated carbocycles. The summed E-state index contributed by atoms with van der Waals surface area (Å²) < 4.78 is 37.2. The maximum Gasteiger partial charge on any atom is 0.433 e. The van der Waals surface area contributed by atoms with E-state index in [2.05, 4.69) is 4.99 Å². The summed E-state index contributed by atoms with van der Waals surface area (Å²) in [6.45, 7) is 2.03. The summed E-state index contributed by atoms with van der Waals surface area (Å²) in [7, 11) is 0. The van der Waals surface area contributed by atoms with Crippen LogP contribution in [0.4, 0.5) is 13.2 Å². The van der Waals surface area contributed by atoms with Gasteiger partial charge in [0, 0.05) is 6.42 Å². The number of aryl methyl sites for hydroxylation is 1. The molecule has 1 aliphatic heterocycles. The first-order valence-corrected chi connectivity index (χ1v) is 5.45. The molecule has 0 N–H and O–H groups in total. The first-order chi connectivity index (χ1) is 8.00. The van der Waals surface area contributed by atoms with Crippen LogP contribution in [0.3, 0.4) is 0 Å². The summed E-state index contributed by atoms with van der Waals surface area (Å²) in [6.07, 6.45) is -2.05. The standard InChI is InChI=1S/C13H12F3N/c1-2-9-3-5-10(6-4-9)11-7-8-12(17-11)13(14,15)16/h3-6,8H,2,7H2,1H3. The number of halogens is 3. The lowest BCUT2D eigenvalue weighted by Crippen LogP contribution is -2.08. The second-order valence-corrected chi connectivity index (χ2v) is 3.90. The monoisotopic (exact) mass is 239 g/mol. The molecule has 0 spiro atoms. The van der Waals surface area contributed by atoms with Crippen molar-refractivity contribution in [1.29, 1.82) is 0 Å². The van der Waals surface area contributed by atoms with Crippen LogP contribution < -0.4 is 0 Å². The number of allylic oxidation sites excluding steroid dienone is 2. The van der Waals surface area contributed by atoms with Gasteiger partial charge in [-0.25, -0.2) is 4.99 Å². The molecule has 1 aromatic rings. The minimum Gasteiger partial charge on any atom is -0.248 e. The molecule has 0 fully saturated rings. The molecule has 0 aliphatic carbocycles. The van der Waals surface area contributed by atoms with Crippen molar-refractivity contribution in [3.8, 4) is 0 Å². The first kappa shape index (κ1) is 11.9. The Hall–Kier alpha value is -1.58. The van der Waals surface area contributed by atoms with Crippen molar-refractivity contribution >= 4 is 5.71 Å². The molecule has 1 aliphatic rings. The fraction of sp³-hybridized carbons (Fsp3) is 0.308. The highest BCUT2D eigenvalue weighted by Crippen LogP contribution is 2.31. The number of nitrogens with zero attached hydrogens (tertiary/aromatic N) is 1. The molecule has 4 heteroatoms. The molecule has 0 amide bonds. The third-order valence-corrected chi connectivity index (χ3v) is 2.73. The van der Waals surface area contributed by atoms with Gasteiger partial charge in [-0.15, -0.1) is 0 Å². The van der Waals surface area contributed by atoms with Crippen LogP contribution >= 0.6 is 0 Å². The Morgan fingerprint density at radius 2 is 1.82 bits per heavy atom. The van der Waals surface area contributed by atoms with Gasteiger partial charge in [-0.1, -0.05) is 31.2 Å². The number of hydrogen-bond donors (Lipinski definition) is 0. The zero-order chi connectivity index (χ0) is 12.5. The molecule has 17 heavy (non-hydrogen) atoms. The minimum absolute atomic E-state index is 0.250. The van der Waals surface area contributed by atoms with Crippen LogP contribution in [0.5, 0.6) is 0 Å². The SMILES string of the molecule is CCc1ccc(C2=NC(C(F)(F)F)=CC2)cc1.